The molecule has 0 bridgehead atoms. The average molecular weight is 314 g/mol. The maximum Gasteiger partial charge on any atom is 0.247 e. The van der Waals surface area contributed by atoms with E-state index in [2.05, 4.69) is 16.0 Å². The fourth-order valence-electron chi connectivity index (χ4n) is 2.66. The first-order chi connectivity index (χ1) is 9.65. The molecule has 2 amide bonds. The molecule has 0 radical (unpaired) electrons. The van der Waals surface area contributed by atoms with Crippen LogP contribution in [-0.4, -0.2) is 24.4 Å². The molecule has 1 saturated heterocycles. The lowest BCUT2D eigenvalue weighted by molar-refractivity contribution is -0.122. The fourth-order valence-corrected chi connectivity index (χ4v) is 2.66. The molecule has 0 saturated carbocycles. The minimum Gasteiger partial charge on any atom is -0.344 e. The van der Waals surface area contributed by atoms with Crippen LogP contribution in [0.15, 0.2) is 12.1 Å². The van der Waals surface area contributed by atoms with E-state index in [1.807, 2.05) is 6.07 Å². The summed E-state index contributed by atoms with van der Waals surface area (Å²) >= 11 is 0. The Bertz CT molecular complexity index is 580. The van der Waals surface area contributed by atoms with E-state index in [0.29, 0.717) is 31.4 Å². The Morgan fingerprint density at radius 2 is 2.14 bits per heavy atom. The van der Waals surface area contributed by atoms with Crippen molar-refractivity contribution in [1.29, 1.82) is 0 Å². The minimum atomic E-state index is -0.556. The summed E-state index contributed by atoms with van der Waals surface area (Å²) in [4.78, 5) is 23.1. The van der Waals surface area contributed by atoms with Crippen LogP contribution in [0.2, 0.25) is 0 Å². The van der Waals surface area contributed by atoms with Crippen molar-refractivity contribution in [1.82, 2.24) is 10.6 Å². The van der Waals surface area contributed by atoms with Crippen molar-refractivity contribution in [2.24, 2.45) is 0 Å². The Kier molecular flexibility index (Phi) is 4.80. The highest BCUT2D eigenvalue weighted by molar-refractivity contribution is 5.99. The molecule has 1 aromatic rings. The van der Waals surface area contributed by atoms with Gasteiger partial charge in [0.05, 0.1) is 5.69 Å². The van der Waals surface area contributed by atoms with E-state index in [0.717, 1.165) is 12.1 Å². The molecule has 3 N–H and O–H groups in total. The first-order valence-electron chi connectivity index (χ1n) is 6.76. The van der Waals surface area contributed by atoms with Crippen LogP contribution in [0.1, 0.15) is 24.0 Å². The van der Waals surface area contributed by atoms with E-state index in [1.165, 1.54) is 0 Å². The number of hydrogen-bond acceptors (Lipinski definition) is 3. The zero-order valence-corrected chi connectivity index (χ0v) is 12.2. The summed E-state index contributed by atoms with van der Waals surface area (Å²) in [5.41, 5.74) is 1.79. The van der Waals surface area contributed by atoms with Crippen LogP contribution in [0.4, 0.5) is 10.1 Å². The minimum absolute atomic E-state index is 0. The molecule has 0 spiro atoms. The molecule has 0 aliphatic carbocycles. The predicted octanol–water partition coefficient (Wildman–Crippen LogP) is 1.11. The van der Waals surface area contributed by atoms with Gasteiger partial charge in [-0.05, 0) is 36.6 Å². The van der Waals surface area contributed by atoms with Gasteiger partial charge in [-0.15, -0.1) is 12.4 Å². The zero-order valence-electron chi connectivity index (χ0n) is 11.4. The van der Waals surface area contributed by atoms with Gasteiger partial charge in [0.1, 0.15) is 11.9 Å². The lowest BCUT2D eigenvalue weighted by atomic mass is 9.99. The summed E-state index contributed by atoms with van der Waals surface area (Å²) in [6, 6.07) is 2.85. The SMILES string of the molecule is Cl.O=C1CCC(C(=O)Nc2ccc3c(c2F)CCNC3)N1. The summed E-state index contributed by atoms with van der Waals surface area (Å²) in [6.45, 7) is 1.39. The summed E-state index contributed by atoms with van der Waals surface area (Å²) in [5, 5.41) is 8.32. The van der Waals surface area contributed by atoms with Crippen LogP contribution in [0, 0.1) is 5.82 Å². The predicted molar refractivity (Wildman–Crippen MR) is 78.9 cm³/mol. The molecule has 114 valence electrons. The van der Waals surface area contributed by atoms with Gasteiger partial charge in [0, 0.05) is 13.0 Å². The summed E-state index contributed by atoms with van der Waals surface area (Å²) in [6.07, 6.45) is 1.42. The molecule has 1 aromatic carbocycles. The molecule has 0 aromatic heterocycles. The molecule has 1 atom stereocenters. The molecular formula is C14H17ClFN3O2. The third kappa shape index (κ3) is 3.16. The number of anilines is 1. The Balaban J connectivity index is 0.00000161. The second-order valence-corrected chi connectivity index (χ2v) is 5.14. The molecular weight excluding hydrogens is 297 g/mol. The third-order valence-electron chi connectivity index (χ3n) is 3.78. The number of halogens is 2. The molecule has 2 aliphatic heterocycles. The largest absolute Gasteiger partial charge is 0.344 e. The number of fused-ring (bicyclic) bond motifs is 1. The van der Waals surface area contributed by atoms with Gasteiger partial charge < -0.3 is 16.0 Å². The highest BCUT2D eigenvalue weighted by Crippen LogP contribution is 2.25. The molecule has 2 heterocycles. The number of nitrogens with one attached hydrogen (secondary N) is 3. The van der Waals surface area contributed by atoms with E-state index in [-0.39, 0.29) is 35.7 Å². The Morgan fingerprint density at radius 3 is 2.86 bits per heavy atom. The summed E-state index contributed by atoms with van der Waals surface area (Å²) in [7, 11) is 0. The second kappa shape index (κ2) is 6.41. The van der Waals surface area contributed by atoms with E-state index >= 15 is 0 Å². The monoisotopic (exact) mass is 313 g/mol. The van der Waals surface area contributed by atoms with Gasteiger partial charge >= 0.3 is 0 Å². The zero-order chi connectivity index (χ0) is 14.1. The fraction of sp³-hybridized carbons (Fsp3) is 0.429. The van der Waals surface area contributed by atoms with Crippen molar-refractivity contribution in [3.63, 3.8) is 0 Å². The average Bonchev–Trinajstić information content (AvgIpc) is 2.89. The lowest BCUT2D eigenvalue weighted by Crippen LogP contribution is -2.37. The van der Waals surface area contributed by atoms with Crippen LogP contribution in [0.3, 0.4) is 0 Å². The third-order valence-corrected chi connectivity index (χ3v) is 3.78. The summed E-state index contributed by atoms with van der Waals surface area (Å²) < 4.78 is 14.3. The molecule has 5 nitrogen and oxygen atoms in total. The highest BCUT2D eigenvalue weighted by Gasteiger charge is 2.28. The molecule has 1 unspecified atom stereocenters. The maximum atomic E-state index is 14.3. The molecule has 1 fully saturated rings. The van der Waals surface area contributed by atoms with Crippen LogP contribution in [0.5, 0.6) is 0 Å². The maximum absolute atomic E-state index is 14.3. The molecule has 3 rings (SSSR count). The number of amides is 2. The molecule has 21 heavy (non-hydrogen) atoms. The van der Waals surface area contributed by atoms with Crippen LogP contribution in [0.25, 0.3) is 0 Å². The van der Waals surface area contributed by atoms with Crippen LogP contribution >= 0.6 is 12.4 Å². The van der Waals surface area contributed by atoms with Gasteiger partial charge in [-0.25, -0.2) is 4.39 Å². The van der Waals surface area contributed by atoms with Crippen molar-refractivity contribution in [2.75, 3.05) is 11.9 Å². The first-order valence-corrected chi connectivity index (χ1v) is 6.76. The Labute approximate surface area is 128 Å². The number of hydrogen-bond donors (Lipinski definition) is 3. The van der Waals surface area contributed by atoms with Gasteiger partial charge in [0.2, 0.25) is 11.8 Å². The van der Waals surface area contributed by atoms with Crippen molar-refractivity contribution >= 4 is 29.9 Å². The first kappa shape index (κ1) is 15.7. The quantitative estimate of drug-likeness (QED) is 0.766. The van der Waals surface area contributed by atoms with Crippen molar-refractivity contribution < 1.29 is 14.0 Å². The Morgan fingerprint density at radius 1 is 1.33 bits per heavy atom. The number of carbonyl (C=O) groups is 2. The lowest BCUT2D eigenvalue weighted by Gasteiger charge is -2.20. The Hall–Kier alpha value is -1.66. The second-order valence-electron chi connectivity index (χ2n) is 5.14. The van der Waals surface area contributed by atoms with Gasteiger partial charge in [0.15, 0.2) is 0 Å². The van der Waals surface area contributed by atoms with Crippen LogP contribution < -0.4 is 16.0 Å². The standard InChI is InChI=1S/C14H16FN3O2.ClH/c15-13-9-5-6-16-7-8(9)1-2-10(13)18-14(20)11-3-4-12(19)17-11;/h1-2,11,16H,3-7H2,(H,17,19)(H,18,20);1H. The van der Waals surface area contributed by atoms with E-state index in [4.69, 9.17) is 0 Å². The van der Waals surface area contributed by atoms with E-state index < -0.39 is 6.04 Å². The van der Waals surface area contributed by atoms with Crippen molar-refractivity contribution in [2.45, 2.75) is 31.8 Å². The normalized spacial score (nSPS) is 20.2. The van der Waals surface area contributed by atoms with Gasteiger partial charge in [-0.1, -0.05) is 6.07 Å². The smallest absolute Gasteiger partial charge is 0.247 e. The van der Waals surface area contributed by atoms with E-state index in [9.17, 15) is 14.0 Å². The number of rotatable bonds is 2. The van der Waals surface area contributed by atoms with Gasteiger partial charge in [-0.3, -0.25) is 9.59 Å². The van der Waals surface area contributed by atoms with E-state index in [1.54, 1.807) is 6.07 Å². The summed E-state index contributed by atoms with van der Waals surface area (Å²) in [5.74, 6) is -0.854. The number of carbonyl (C=O) groups excluding carboxylic acids is 2. The topological polar surface area (TPSA) is 70.2 Å². The number of benzene rings is 1. The molecule has 7 heteroatoms. The van der Waals surface area contributed by atoms with Crippen molar-refractivity contribution in [3.05, 3.63) is 29.1 Å². The highest BCUT2D eigenvalue weighted by atomic mass is 35.5. The van der Waals surface area contributed by atoms with Gasteiger partial charge in [0.25, 0.3) is 0 Å². The van der Waals surface area contributed by atoms with Gasteiger partial charge in [-0.2, -0.15) is 0 Å². The molecule has 2 aliphatic rings. The van der Waals surface area contributed by atoms with Crippen LogP contribution in [-0.2, 0) is 22.6 Å². The van der Waals surface area contributed by atoms with Crippen molar-refractivity contribution in [3.8, 4) is 0 Å².